The summed E-state index contributed by atoms with van der Waals surface area (Å²) in [5.74, 6) is -1.79. The van der Waals surface area contributed by atoms with Crippen LogP contribution in [0.1, 0.15) is 21.8 Å². The van der Waals surface area contributed by atoms with Crippen molar-refractivity contribution < 1.29 is 9.18 Å². The molecule has 100 valence electrons. The maximum Gasteiger partial charge on any atom is 0.185 e. The Balaban J connectivity index is 2.45. The van der Waals surface area contributed by atoms with E-state index in [9.17, 15) is 14.4 Å². The summed E-state index contributed by atoms with van der Waals surface area (Å²) in [6.45, 7) is 0. The summed E-state index contributed by atoms with van der Waals surface area (Å²) in [7, 11) is 0. The van der Waals surface area contributed by atoms with Crippen LogP contribution in [0, 0.1) is 20.7 Å². The summed E-state index contributed by atoms with van der Waals surface area (Å²) in [6, 6.07) is 12.8. The van der Waals surface area contributed by atoms with Crippen LogP contribution < -0.4 is 0 Å². The average Bonchev–Trinajstić information content (AvgIpc) is 2.42. The monoisotopic (exact) mass is 443 g/mol. The molecule has 0 spiro atoms. The van der Waals surface area contributed by atoms with E-state index in [4.69, 9.17) is 0 Å². The van der Waals surface area contributed by atoms with Gasteiger partial charge in [0.1, 0.15) is 11.7 Å². The van der Waals surface area contributed by atoms with Crippen LogP contribution in [0.4, 0.5) is 4.39 Å². The molecule has 0 aliphatic heterocycles. The highest BCUT2D eigenvalue weighted by molar-refractivity contribution is 14.1. The summed E-state index contributed by atoms with van der Waals surface area (Å²) in [6.07, 6.45) is 0. The minimum atomic E-state index is -1.01. The fourth-order valence-corrected chi connectivity index (χ4v) is 2.77. The largest absolute Gasteiger partial charge is 0.292 e. The molecule has 0 radical (unpaired) electrons. The molecule has 1 unspecified atom stereocenters. The molecule has 0 bridgehead atoms. The van der Waals surface area contributed by atoms with Crippen molar-refractivity contribution in [1.29, 1.82) is 5.26 Å². The Bertz CT molecular complexity index is 711. The quantitative estimate of drug-likeness (QED) is 0.510. The van der Waals surface area contributed by atoms with Gasteiger partial charge in [0.15, 0.2) is 5.78 Å². The number of hydrogen-bond donors (Lipinski definition) is 0. The minimum Gasteiger partial charge on any atom is -0.292 e. The Hall–Kier alpha value is -1.26. The number of carbonyl (C=O) groups is 1. The van der Waals surface area contributed by atoms with Crippen LogP contribution >= 0.6 is 38.5 Å². The molecule has 0 N–H and O–H groups in total. The lowest BCUT2D eigenvalue weighted by Crippen LogP contribution is -2.13. The summed E-state index contributed by atoms with van der Waals surface area (Å²) in [4.78, 5) is 12.5. The van der Waals surface area contributed by atoms with E-state index in [1.54, 1.807) is 18.2 Å². The van der Waals surface area contributed by atoms with Gasteiger partial charge in [-0.25, -0.2) is 4.39 Å². The van der Waals surface area contributed by atoms with Gasteiger partial charge in [0.05, 0.1) is 6.07 Å². The maximum atomic E-state index is 13.2. The molecule has 2 aromatic rings. The second-order valence-electron chi connectivity index (χ2n) is 4.11. The molecule has 2 rings (SSSR count). The van der Waals surface area contributed by atoms with Gasteiger partial charge in [-0.3, -0.25) is 4.79 Å². The first-order chi connectivity index (χ1) is 9.52. The highest BCUT2D eigenvalue weighted by Gasteiger charge is 2.24. The van der Waals surface area contributed by atoms with Crippen molar-refractivity contribution in [3.05, 3.63) is 67.5 Å². The van der Waals surface area contributed by atoms with E-state index in [1.807, 2.05) is 34.7 Å². The van der Waals surface area contributed by atoms with Crippen LogP contribution in [0.5, 0.6) is 0 Å². The number of ketones is 1. The zero-order valence-electron chi connectivity index (χ0n) is 10.1. The average molecular weight is 444 g/mol. The van der Waals surface area contributed by atoms with E-state index >= 15 is 0 Å². The van der Waals surface area contributed by atoms with Gasteiger partial charge in [-0.05, 0) is 58.5 Å². The van der Waals surface area contributed by atoms with Gasteiger partial charge >= 0.3 is 0 Å². The Labute approximate surface area is 137 Å². The topological polar surface area (TPSA) is 40.9 Å². The zero-order chi connectivity index (χ0) is 14.7. The smallest absolute Gasteiger partial charge is 0.185 e. The third-order valence-corrected chi connectivity index (χ3v) is 4.20. The van der Waals surface area contributed by atoms with Crippen LogP contribution in [0.15, 0.2) is 46.9 Å². The van der Waals surface area contributed by atoms with Gasteiger partial charge in [0.2, 0.25) is 0 Å². The van der Waals surface area contributed by atoms with E-state index in [-0.39, 0.29) is 5.78 Å². The predicted octanol–water partition coefficient (Wildman–Crippen LogP) is 4.68. The van der Waals surface area contributed by atoms with Crippen LogP contribution in [0.2, 0.25) is 0 Å². The van der Waals surface area contributed by atoms with Gasteiger partial charge in [0, 0.05) is 13.6 Å². The number of nitrogens with zero attached hydrogens (tertiary/aromatic N) is 1. The molecule has 0 aliphatic carbocycles. The van der Waals surface area contributed by atoms with Gasteiger partial charge < -0.3 is 0 Å². The van der Waals surface area contributed by atoms with Gasteiger partial charge in [-0.2, -0.15) is 5.26 Å². The molecule has 0 aliphatic rings. The number of Topliss-reactive ketones (excluding diaryl/α,β-unsaturated/α-hetero) is 1. The van der Waals surface area contributed by atoms with Crippen LogP contribution in [-0.4, -0.2) is 5.78 Å². The van der Waals surface area contributed by atoms with E-state index in [1.165, 1.54) is 18.2 Å². The number of halogens is 3. The molecule has 0 fully saturated rings. The predicted molar refractivity (Wildman–Crippen MR) is 85.9 cm³/mol. The molecule has 0 aromatic heterocycles. The normalized spacial score (nSPS) is 11.7. The first-order valence-corrected chi connectivity index (χ1v) is 7.54. The number of nitriles is 1. The lowest BCUT2D eigenvalue weighted by Gasteiger charge is -2.10. The molecule has 0 saturated heterocycles. The second kappa shape index (κ2) is 6.46. The first kappa shape index (κ1) is 15.1. The molecule has 20 heavy (non-hydrogen) atoms. The summed E-state index contributed by atoms with van der Waals surface area (Å²) < 4.78 is 14.8. The molecule has 5 heteroatoms. The van der Waals surface area contributed by atoms with E-state index in [0.717, 1.165) is 8.04 Å². The molecule has 2 aromatic carbocycles. The molecule has 2 nitrogen and oxygen atoms in total. The van der Waals surface area contributed by atoms with Crippen molar-refractivity contribution in [2.75, 3.05) is 0 Å². The fourth-order valence-electron chi connectivity index (χ4n) is 1.81. The van der Waals surface area contributed by atoms with Crippen molar-refractivity contribution >= 4 is 44.3 Å². The zero-order valence-corrected chi connectivity index (χ0v) is 13.9. The Morgan fingerprint density at radius 2 is 2.05 bits per heavy atom. The number of rotatable bonds is 3. The summed E-state index contributed by atoms with van der Waals surface area (Å²) >= 11 is 5.35. The fraction of sp³-hybridized carbons (Fsp3) is 0.0667. The van der Waals surface area contributed by atoms with Gasteiger partial charge in [-0.15, -0.1) is 0 Å². The lowest BCUT2D eigenvalue weighted by molar-refractivity contribution is 0.0978. The van der Waals surface area contributed by atoms with Gasteiger partial charge in [0.25, 0.3) is 0 Å². The highest BCUT2D eigenvalue weighted by atomic mass is 127. The number of carbonyl (C=O) groups excluding carboxylic acids is 1. The SMILES string of the molecule is N#CC(C(=O)c1cc(Br)ccc1I)c1cccc(F)c1. The molecular weight excluding hydrogens is 436 g/mol. The highest BCUT2D eigenvalue weighted by Crippen LogP contribution is 2.26. The third-order valence-electron chi connectivity index (χ3n) is 2.77. The first-order valence-electron chi connectivity index (χ1n) is 5.67. The van der Waals surface area contributed by atoms with Gasteiger partial charge in [-0.1, -0.05) is 28.1 Å². The van der Waals surface area contributed by atoms with E-state index in [0.29, 0.717) is 11.1 Å². The third kappa shape index (κ3) is 3.25. The molecule has 1 atom stereocenters. The van der Waals surface area contributed by atoms with Crippen molar-refractivity contribution in [3.8, 4) is 6.07 Å². The van der Waals surface area contributed by atoms with E-state index in [2.05, 4.69) is 15.9 Å². The molecule has 0 saturated carbocycles. The van der Waals surface area contributed by atoms with Crippen LogP contribution in [0.25, 0.3) is 0 Å². The number of hydrogen-bond acceptors (Lipinski definition) is 2. The molecular formula is C15H8BrFINO. The Morgan fingerprint density at radius 1 is 1.30 bits per heavy atom. The summed E-state index contributed by atoms with van der Waals surface area (Å²) in [5.41, 5.74) is 0.823. The number of benzene rings is 2. The molecule has 0 amide bonds. The van der Waals surface area contributed by atoms with Crippen LogP contribution in [-0.2, 0) is 0 Å². The summed E-state index contributed by atoms with van der Waals surface area (Å²) in [5, 5.41) is 9.25. The van der Waals surface area contributed by atoms with Crippen molar-refractivity contribution in [1.82, 2.24) is 0 Å². The van der Waals surface area contributed by atoms with Crippen molar-refractivity contribution in [3.63, 3.8) is 0 Å². The Kier molecular flexibility index (Phi) is 4.89. The minimum absolute atomic E-state index is 0.330. The Morgan fingerprint density at radius 3 is 2.70 bits per heavy atom. The van der Waals surface area contributed by atoms with Crippen molar-refractivity contribution in [2.45, 2.75) is 5.92 Å². The van der Waals surface area contributed by atoms with Crippen LogP contribution in [0.3, 0.4) is 0 Å². The van der Waals surface area contributed by atoms with Crippen molar-refractivity contribution in [2.24, 2.45) is 0 Å². The van der Waals surface area contributed by atoms with E-state index < -0.39 is 11.7 Å². The maximum absolute atomic E-state index is 13.2. The second-order valence-corrected chi connectivity index (χ2v) is 6.18. The molecule has 0 heterocycles. The lowest BCUT2D eigenvalue weighted by atomic mass is 9.92. The standard InChI is InChI=1S/C15H8BrFINO/c16-10-4-5-14(18)12(7-10)15(20)13(8-19)9-2-1-3-11(17)6-9/h1-7,13H.